The highest BCUT2D eigenvalue weighted by Crippen LogP contribution is 2.32. The number of ether oxygens (including phenoxy) is 1. The number of nitrogens with one attached hydrogen (secondary N) is 1. The molecule has 2 aromatic carbocycles. The lowest BCUT2D eigenvalue weighted by Crippen LogP contribution is -2.30. The number of para-hydroxylation sites is 1. The van der Waals surface area contributed by atoms with E-state index < -0.39 is 18.0 Å². The molecule has 5 heteroatoms. The summed E-state index contributed by atoms with van der Waals surface area (Å²) in [4.78, 5) is 24.7. The molecule has 0 aromatic heterocycles. The maximum absolute atomic E-state index is 12.4. The van der Waals surface area contributed by atoms with Crippen LogP contribution in [0.5, 0.6) is 0 Å². The Hall–Kier alpha value is -3.13. The van der Waals surface area contributed by atoms with E-state index in [1.807, 2.05) is 18.2 Å². The number of carbonyl (C=O) groups excluding carboxylic acids is 2. The second kappa shape index (κ2) is 9.18. The monoisotopic (exact) mass is 376 g/mol. The van der Waals surface area contributed by atoms with Gasteiger partial charge in [-0.15, -0.1) is 0 Å². The Morgan fingerprint density at radius 1 is 1.07 bits per heavy atom. The number of anilines is 1. The van der Waals surface area contributed by atoms with Crippen LogP contribution in [0.1, 0.15) is 66.4 Å². The summed E-state index contributed by atoms with van der Waals surface area (Å²) in [6.07, 6.45) is 5.25. The molecule has 2 aromatic rings. The number of carbonyl (C=O) groups is 2. The Labute approximate surface area is 165 Å². The van der Waals surface area contributed by atoms with E-state index >= 15 is 0 Å². The third-order valence-electron chi connectivity index (χ3n) is 5.18. The van der Waals surface area contributed by atoms with Gasteiger partial charge in [0.25, 0.3) is 5.91 Å². The van der Waals surface area contributed by atoms with E-state index in [4.69, 9.17) is 10.00 Å². The summed E-state index contributed by atoms with van der Waals surface area (Å²) < 4.78 is 5.30. The summed E-state index contributed by atoms with van der Waals surface area (Å²) in [5.41, 5.74) is 2.44. The number of hydrogen-bond donors (Lipinski definition) is 1. The van der Waals surface area contributed by atoms with E-state index in [9.17, 15) is 9.59 Å². The molecule has 0 heterocycles. The highest BCUT2D eigenvalue weighted by molar-refractivity contribution is 5.98. The quantitative estimate of drug-likeness (QED) is 0.761. The zero-order valence-corrected chi connectivity index (χ0v) is 16.0. The summed E-state index contributed by atoms with van der Waals surface area (Å²) in [6, 6.07) is 16.2. The third-order valence-corrected chi connectivity index (χ3v) is 5.18. The van der Waals surface area contributed by atoms with Crippen molar-refractivity contribution in [3.05, 3.63) is 65.2 Å². The average molecular weight is 376 g/mol. The molecule has 28 heavy (non-hydrogen) atoms. The molecule has 0 spiro atoms. The number of rotatable bonds is 5. The molecule has 1 saturated carbocycles. The van der Waals surface area contributed by atoms with Crippen molar-refractivity contribution in [3.8, 4) is 6.07 Å². The third kappa shape index (κ3) is 4.77. The molecule has 1 aliphatic carbocycles. The van der Waals surface area contributed by atoms with Gasteiger partial charge < -0.3 is 10.1 Å². The van der Waals surface area contributed by atoms with Crippen LogP contribution in [0.3, 0.4) is 0 Å². The SMILES string of the molecule is C[C@@H](OC(=O)c1ccc(C2CCCCC2)cc1)C(=O)Nc1ccccc1C#N. The predicted octanol–water partition coefficient (Wildman–Crippen LogP) is 4.79. The van der Waals surface area contributed by atoms with Gasteiger partial charge in [-0.1, -0.05) is 43.5 Å². The molecule has 3 rings (SSSR count). The molecule has 1 N–H and O–H groups in total. The van der Waals surface area contributed by atoms with Gasteiger partial charge >= 0.3 is 5.97 Å². The molecule has 1 fully saturated rings. The van der Waals surface area contributed by atoms with Crippen molar-refractivity contribution in [1.82, 2.24) is 0 Å². The summed E-state index contributed by atoms with van der Waals surface area (Å²) in [6.45, 7) is 1.51. The van der Waals surface area contributed by atoms with Gasteiger partial charge in [0.2, 0.25) is 0 Å². The standard InChI is InChI=1S/C23H24N2O3/c1-16(22(26)25-21-10-6-5-9-20(21)15-24)28-23(27)19-13-11-18(12-14-19)17-7-3-2-4-8-17/h5-6,9-14,16-17H,2-4,7-8H2,1H3,(H,25,26)/t16-/m1/s1. The topological polar surface area (TPSA) is 79.2 Å². The number of esters is 1. The van der Waals surface area contributed by atoms with E-state index in [1.54, 1.807) is 36.4 Å². The summed E-state index contributed by atoms with van der Waals surface area (Å²) >= 11 is 0. The maximum atomic E-state index is 12.4. The first-order valence-electron chi connectivity index (χ1n) is 9.69. The van der Waals surface area contributed by atoms with Crippen LogP contribution in [-0.2, 0) is 9.53 Å². The highest BCUT2D eigenvalue weighted by atomic mass is 16.5. The van der Waals surface area contributed by atoms with Gasteiger partial charge in [-0.3, -0.25) is 4.79 Å². The van der Waals surface area contributed by atoms with Crippen LogP contribution in [0.4, 0.5) is 5.69 Å². The van der Waals surface area contributed by atoms with Gasteiger partial charge in [0.15, 0.2) is 6.10 Å². The largest absolute Gasteiger partial charge is 0.449 e. The predicted molar refractivity (Wildman–Crippen MR) is 107 cm³/mol. The van der Waals surface area contributed by atoms with Gasteiger partial charge in [-0.25, -0.2) is 4.79 Å². The molecular formula is C23H24N2O3. The minimum Gasteiger partial charge on any atom is -0.449 e. The zero-order chi connectivity index (χ0) is 19.9. The van der Waals surface area contributed by atoms with Gasteiger partial charge in [0.1, 0.15) is 6.07 Å². The van der Waals surface area contributed by atoms with Crippen molar-refractivity contribution in [2.24, 2.45) is 0 Å². The van der Waals surface area contributed by atoms with E-state index in [0.717, 1.165) is 0 Å². The van der Waals surface area contributed by atoms with Crippen molar-refractivity contribution in [3.63, 3.8) is 0 Å². The number of benzene rings is 2. The van der Waals surface area contributed by atoms with E-state index in [1.165, 1.54) is 44.6 Å². The fourth-order valence-electron chi connectivity index (χ4n) is 3.53. The highest BCUT2D eigenvalue weighted by Gasteiger charge is 2.21. The average Bonchev–Trinajstić information content (AvgIpc) is 2.74. The van der Waals surface area contributed by atoms with E-state index in [-0.39, 0.29) is 0 Å². The maximum Gasteiger partial charge on any atom is 0.338 e. The first-order chi connectivity index (χ1) is 13.6. The van der Waals surface area contributed by atoms with Crippen molar-refractivity contribution < 1.29 is 14.3 Å². The molecule has 0 bridgehead atoms. The van der Waals surface area contributed by atoms with Gasteiger partial charge in [-0.05, 0) is 55.5 Å². The molecule has 1 aliphatic rings. The number of hydrogen-bond acceptors (Lipinski definition) is 4. The van der Waals surface area contributed by atoms with Crippen LogP contribution in [-0.4, -0.2) is 18.0 Å². The van der Waals surface area contributed by atoms with Crippen molar-refractivity contribution >= 4 is 17.6 Å². The van der Waals surface area contributed by atoms with Gasteiger partial charge in [0, 0.05) is 0 Å². The first kappa shape index (κ1) is 19.6. The van der Waals surface area contributed by atoms with Crippen LogP contribution < -0.4 is 5.32 Å². The molecular weight excluding hydrogens is 352 g/mol. The lowest BCUT2D eigenvalue weighted by Gasteiger charge is -2.22. The zero-order valence-electron chi connectivity index (χ0n) is 16.0. The summed E-state index contributed by atoms with van der Waals surface area (Å²) in [5.74, 6) is -0.440. The molecule has 0 saturated heterocycles. The number of amides is 1. The number of nitrogens with zero attached hydrogens (tertiary/aromatic N) is 1. The normalized spacial score (nSPS) is 15.3. The van der Waals surface area contributed by atoms with Gasteiger partial charge in [-0.2, -0.15) is 5.26 Å². The Balaban J connectivity index is 1.59. The van der Waals surface area contributed by atoms with Crippen LogP contribution in [0.15, 0.2) is 48.5 Å². The molecule has 1 amide bonds. The molecule has 0 radical (unpaired) electrons. The minimum absolute atomic E-state index is 0.354. The molecule has 144 valence electrons. The fourth-order valence-corrected chi connectivity index (χ4v) is 3.53. The van der Waals surface area contributed by atoms with Crippen molar-refractivity contribution in [2.75, 3.05) is 5.32 Å². The molecule has 1 atom stereocenters. The summed E-state index contributed by atoms with van der Waals surface area (Å²) in [7, 11) is 0. The number of nitriles is 1. The Morgan fingerprint density at radius 2 is 1.75 bits per heavy atom. The Kier molecular flexibility index (Phi) is 6.44. The van der Waals surface area contributed by atoms with Crippen molar-refractivity contribution in [2.45, 2.75) is 51.0 Å². The smallest absolute Gasteiger partial charge is 0.338 e. The summed E-state index contributed by atoms with van der Waals surface area (Å²) in [5, 5.41) is 11.7. The van der Waals surface area contributed by atoms with Crippen molar-refractivity contribution in [1.29, 1.82) is 5.26 Å². The minimum atomic E-state index is -0.975. The van der Waals surface area contributed by atoms with Gasteiger partial charge in [0.05, 0.1) is 16.8 Å². The Morgan fingerprint density at radius 3 is 2.43 bits per heavy atom. The van der Waals surface area contributed by atoms with E-state index in [2.05, 4.69) is 5.32 Å². The lowest BCUT2D eigenvalue weighted by molar-refractivity contribution is -0.123. The molecule has 5 nitrogen and oxygen atoms in total. The fraction of sp³-hybridized carbons (Fsp3) is 0.348. The Bertz CT molecular complexity index is 877. The van der Waals surface area contributed by atoms with Crippen LogP contribution in [0.25, 0.3) is 0 Å². The molecule has 0 aliphatic heterocycles. The second-order valence-corrected chi connectivity index (χ2v) is 7.15. The van der Waals surface area contributed by atoms with E-state index in [0.29, 0.717) is 22.7 Å². The second-order valence-electron chi connectivity index (χ2n) is 7.15. The first-order valence-corrected chi connectivity index (χ1v) is 9.69. The molecule has 0 unspecified atom stereocenters. The van der Waals surface area contributed by atoms with Crippen LogP contribution in [0, 0.1) is 11.3 Å². The van der Waals surface area contributed by atoms with Crippen LogP contribution >= 0.6 is 0 Å². The van der Waals surface area contributed by atoms with Crippen LogP contribution in [0.2, 0.25) is 0 Å². The lowest BCUT2D eigenvalue weighted by atomic mass is 9.84.